The minimum absolute atomic E-state index is 0.0437. The summed E-state index contributed by atoms with van der Waals surface area (Å²) in [7, 11) is 0. The lowest BCUT2D eigenvalue weighted by Gasteiger charge is -2.56. The van der Waals surface area contributed by atoms with Gasteiger partial charge in [-0.15, -0.1) is 0 Å². The Kier molecular flexibility index (Phi) is 4.08. The van der Waals surface area contributed by atoms with E-state index in [4.69, 9.17) is 4.74 Å². The van der Waals surface area contributed by atoms with Crippen LogP contribution >= 0.6 is 0 Å². The summed E-state index contributed by atoms with van der Waals surface area (Å²) in [5, 5.41) is 0. The number of hydrogen-bond acceptors (Lipinski definition) is 3. The number of carbonyl (C=O) groups excluding carboxylic acids is 2. The van der Waals surface area contributed by atoms with E-state index in [2.05, 4.69) is 26.8 Å². The van der Waals surface area contributed by atoms with Crippen molar-refractivity contribution >= 4 is 12.3 Å². The summed E-state index contributed by atoms with van der Waals surface area (Å²) in [6.45, 7) is 8.71. The highest BCUT2D eigenvalue weighted by Gasteiger charge is 2.52. The molecule has 0 heterocycles. The van der Waals surface area contributed by atoms with Crippen LogP contribution in [0.15, 0.2) is 11.6 Å². The Labute approximate surface area is 121 Å². The van der Waals surface area contributed by atoms with Gasteiger partial charge in [-0.3, -0.25) is 9.59 Å². The van der Waals surface area contributed by atoms with Gasteiger partial charge >= 0.3 is 5.97 Å². The molecule has 2 aliphatic carbocycles. The first-order valence-corrected chi connectivity index (χ1v) is 7.60. The second-order valence-electron chi connectivity index (χ2n) is 7.31. The van der Waals surface area contributed by atoms with E-state index in [9.17, 15) is 9.59 Å². The van der Waals surface area contributed by atoms with Crippen LogP contribution in [0, 0.1) is 22.7 Å². The van der Waals surface area contributed by atoms with Crippen molar-refractivity contribution in [3.05, 3.63) is 11.6 Å². The molecule has 112 valence electrons. The van der Waals surface area contributed by atoms with E-state index in [0.717, 1.165) is 24.7 Å². The van der Waals surface area contributed by atoms with Crippen LogP contribution in [0.25, 0.3) is 0 Å². The fraction of sp³-hybridized carbons (Fsp3) is 0.765. The molecule has 20 heavy (non-hydrogen) atoms. The van der Waals surface area contributed by atoms with Gasteiger partial charge in [-0.25, -0.2) is 0 Å². The van der Waals surface area contributed by atoms with Crippen LogP contribution in [0.5, 0.6) is 0 Å². The molecule has 3 heteroatoms. The zero-order valence-corrected chi connectivity index (χ0v) is 13.1. The van der Waals surface area contributed by atoms with Crippen LogP contribution in [0.3, 0.4) is 0 Å². The van der Waals surface area contributed by atoms with Crippen molar-refractivity contribution in [3.63, 3.8) is 0 Å². The number of aldehydes is 1. The monoisotopic (exact) mass is 278 g/mol. The fourth-order valence-electron chi connectivity index (χ4n) is 4.57. The molecule has 3 nitrogen and oxygen atoms in total. The zero-order chi connectivity index (χ0) is 15.0. The van der Waals surface area contributed by atoms with Crippen molar-refractivity contribution in [2.75, 3.05) is 6.61 Å². The standard InChI is InChI=1S/C17H26O3/c1-12(19)20-11-14-13(10-18)6-7-15-16(2,3)8-5-9-17(14,15)4/h6,10,14-15H,5,7-9,11H2,1-4H3. The SMILES string of the molecule is CC(=O)OCC1C(C=O)=CCC2C(C)(C)CCCC12C. The predicted molar refractivity (Wildman–Crippen MR) is 78.1 cm³/mol. The van der Waals surface area contributed by atoms with Gasteiger partial charge in [-0.05, 0) is 41.6 Å². The highest BCUT2D eigenvalue weighted by molar-refractivity contribution is 5.75. The number of carbonyl (C=O) groups is 2. The summed E-state index contributed by atoms with van der Waals surface area (Å²) in [5.41, 5.74) is 1.16. The maximum absolute atomic E-state index is 11.4. The molecule has 0 bridgehead atoms. The van der Waals surface area contributed by atoms with E-state index < -0.39 is 0 Å². The first-order chi connectivity index (χ1) is 9.31. The molecule has 0 radical (unpaired) electrons. The Morgan fingerprint density at radius 1 is 1.40 bits per heavy atom. The molecule has 0 aromatic heterocycles. The van der Waals surface area contributed by atoms with Crippen LogP contribution in [-0.4, -0.2) is 18.9 Å². The molecule has 1 fully saturated rings. The van der Waals surface area contributed by atoms with E-state index in [1.165, 1.54) is 19.8 Å². The molecule has 2 rings (SSSR count). The number of esters is 1. The number of rotatable bonds is 3. The number of fused-ring (bicyclic) bond motifs is 1. The molecular weight excluding hydrogens is 252 g/mol. The highest BCUT2D eigenvalue weighted by Crippen LogP contribution is 2.59. The van der Waals surface area contributed by atoms with Crippen LogP contribution in [0.2, 0.25) is 0 Å². The Hall–Kier alpha value is -1.12. The molecule has 1 saturated carbocycles. The topological polar surface area (TPSA) is 43.4 Å². The third-order valence-corrected chi connectivity index (χ3v) is 5.65. The molecule has 0 aliphatic heterocycles. The van der Waals surface area contributed by atoms with Crippen molar-refractivity contribution in [3.8, 4) is 0 Å². The van der Waals surface area contributed by atoms with E-state index in [1.807, 2.05) is 0 Å². The van der Waals surface area contributed by atoms with Crippen molar-refractivity contribution < 1.29 is 14.3 Å². The lowest BCUT2D eigenvalue weighted by molar-refractivity contribution is -0.146. The summed E-state index contributed by atoms with van der Waals surface area (Å²) >= 11 is 0. The van der Waals surface area contributed by atoms with Gasteiger partial charge < -0.3 is 4.74 Å². The molecule has 0 aromatic carbocycles. The summed E-state index contributed by atoms with van der Waals surface area (Å²) in [6.07, 6.45) is 7.52. The minimum Gasteiger partial charge on any atom is -0.465 e. The molecule has 0 amide bonds. The second-order valence-corrected chi connectivity index (χ2v) is 7.31. The molecule has 2 aliphatic rings. The maximum atomic E-state index is 11.4. The van der Waals surface area contributed by atoms with Gasteiger partial charge in [0.1, 0.15) is 6.29 Å². The lowest BCUT2D eigenvalue weighted by atomic mass is 9.49. The number of allylic oxidation sites excluding steroid dienone is 1. The first kappa shape index (κ1) is 15.3. The van der Waals surface area contributed by atoms with E-state index >= 15 is 0 Å². The first-order valence-electron chi connectivity index (χ1n) is 7.60. The fourth-order valence-corrected chi connectivity index (χ4v) is 4.57. The van der Waals surface area contributed by atoms with Gasteiger partial charge in [0.25, 0.3) is 0 Å². The lowest BCUT2D eigenvalue weighted by Crippen LogP contribution is -2.50. The smallest absolute Gasteiger partial charge is 0.302 e. The van der Waals surface area contributed by atoms with Crippen LogP contribution in [0.1, 0.15) is 53.4 Å². The predicted octanol–water partition coefficient (Wildman–Crippen LogP) is 3.53. The van der Waals surface area contributed by atoms with Crippen LogP contribution in [0.4, 0.5) is 0 Å². The quantitative estimate of drug-likeness (QED) is 0.586. The van der Waals surface area contributed by atoms with Crippen molar-refractivity contribution in [1.82, 2.24) is 0 Å². The summed E-state index contributed by atoms with van der Waals surface area (Å²) in [5.74, 6) is 0.325. The third kappa shape index (κ3) is 2.55. The summed E-state index contributed by atoms with van der Waals surface area (Å²) in [4.78, 5) is 22.5. The Balaban J connectivity index is 2.34. The molecule has 3 atom stereocenters. The van der Waals surface area contributed by atoms with E-state index in [1.54, 1.807) is 0 Å². The average Bonchev–Trinajstić information content (AvgIpc) is 2.34. The van der Waals surface area contributed by atoms with Crippen molar-refractivity contribution in [2.24, 2.45) is 22.7 Å². The van der Waals surface area contributed by atoms with Crippen molar-refractivity contribution in [1.29, 1.82) is 0 Å². The Bertz CT molecular complexity index is 436. The largest absolute Gasteiger partial charge is 0.465 e. The van der Waals surface area contributed by atoms with Gasteiger partial charge in [0.05, 0.1) is 6.61 Å². The van der Waals surface area contributed by atoms with Gasteiger partial charge in [-0.1, -0.05) is 33.3 Å². The van der Waals surface area contributed by atoms with E-state index in [-0.39, 0.29) is 22.7 Å². The van der Waals surface area contributed by atoms with Crippen LogP contribution in [-0.2, 0) is 14.3 Å². The minimum atomic E-state index is -0.268. The second kappa shape index (κ2) is 5.34. The average molecular weight is 278 g/mol. The number of ether oxygens (including phenoxy) is 1. The highest BCUT2D eigenvalue weighted by atomic mass is 16.5. The van der Waals surface area contributed by atoms with Gasteiger partial charge in [0.2, 0.25) is 0 Å². The molecule has 0 saturated heterocycles. The maximum Gasteiger partial charge on any atom is 0.302 e. The van der Waals surface area contributed by atoms with Gasteiger partial charge in [-0.2, -0.15) is 0 Å². The molecular formula is C17H26O3. The number of hydrogen-bond donors (Lipinski definition) is 0. The van der Waals surface area contributed by atoms with E-state index in [0.29, 0.717) is 12.5 Å². The van der Waals surface area contributed by atoms with Gasteiger partial charge in [0.15, 0.2) is 0 Å². The normalized spacial score (nSPS) is 35.7. The van der Waals surface area contributed by atoms with Crippen molar-refractivity contribution in [2.45, 2.75) is 53.4 Å². The van der Waals surface area contributed by atoms with Crippen LogP contribution < -0.4 is 0 Å². The summed E-state index contributed by atoms with van der Waals surface area (Å²) in [6, 6.07) is 0. The molecule has 0 N–H and O–H groups in total. The summed E-state index contributed by atoms with van der Waals surface area (Å²) < 4.78 is 5.26. The zero-order valence-electron chi connectivity index (χ0n) is 13.1. The molecule has 0 aromatic rings. The third-order valence-electron chi connectivity index (χ3n) is 5.65. The Morgan fingerprint density at radius 2 is 2.10 bits per heavy atom. The van der Waals surface area contributed by atoms with Gasteiger partial charge in [0, 0.05) is 12.8 Å². The molecule has 0 spiro atoms. The Morgan fingerprint density at radius 3 is 2.70 bits per heavy atom. The molecule has 3 unspecified atom stereocenters.